The van der Waals surface area contributed by atoms with Crippen molar-refractivity contribution in [1.82, 2.24) is 9.80 Å². The van der Waals surface area contributed by atoms with E-state index in [0.717, 1.165) is 22.3 Å². The number of Topliss-reactive ketones (excluding diaryl/α,β-unsaturated/α-hetero) is 1. The molecule has 0 aliphatic carbocycles. The van der Waals surface area contributed by atoms with E-state index < -0.39 is 17.7 Å². The molecule has 36 heavy (non-hydrogen) atoms. The van der Waals surface area contributed by atoms with Gasteiger partial charge in [0.05, 0.1) is 11.6 Å². The number of carbonyl (C=O) groups is 2. The van der Waals surface area contributed by atoms with Crippen molar-refractivity contribution < 1.29 is 19.4 Å². The van der Waals surface area contributed by atoms with E-state index >= 15 is 0 Å². The summed E-state index contributed by atoms with van der Waals surface area (Å²) < 4.78 is 5.96. The van der Waals surface area contributed by atoms with Crippen LogP contribution in [0.3, 0.4) is 0 Å². The van der Waals surface area contributed by atoms with Crippen molar-refractivity contribution in [2.75, 3.05) is 27.2 Å². The summed E-state index contributed by atoms with van der Waals surface area (Å²) in [6, 6.07) is 22.2. The molecule has 3 aromatic rings. The maximum Gasteiger partial charge on any atom is 0.295 e. The molecule has 0 bridgehead atoms. The number of rotatable bonds is 8. The van der Waals surface area contributed by atoms with Crippen molar-refractivity contribution in [2.24, 2.45) is 0 Å². The number of ether oxygens (including phenoxy) is 1. The van der Waals surface area contributed by atoms with Gasteiger partial charge in [-0.15, -0.1) is 0 Å². The lowest BCUT2D eigenvalue weighted by Crippen LogP contribution is -2.35. The number of hydrogen-bond donors (Lipinski definition) is 1. The topological polar surface area (TPSA) is 70.1 Å². The third-order valence-corrected chi connectivity index (χ3v) is 6.41. The summed E-state index contributed by atoms with van der Waals surface area (Å²) in [6.45, 7) is 5.28. The fourth-order valence-corrected chi connectivity index (χ4v) is 4.36. The first kappa shape index (κ1) is 25.2. The number of hydrogen-bond acceptors (Lipinski definition) is 5. The summed E-state index contributed by atoms with van der Waals surface area (Å²) >= 11 is 0. The summed E-state index contributed by atoms with van der Waals surface area (Å²) in [5, 5.41) is 11.3. The number of aliphatic hydroxyl groups excluding tert-OH is 1. The molecule has 6 heteroatoms. The van der Waals surface area contributed by atoms with Gasteiger partial charge in [0.25, 0.3) is 11.7 Å². The number of benzene rings is 3. The lowest BCUT2D eigenvalue weighted by atomic mass is 9.94. The van der Waals surface area contributed by atoms with Crippen molar-refractivity contribution in [3.05, 3.63) is 106 Å². The van der Waals surface area contributed by atoms with Gasteiger partial charge in [-0.2, -0.15) is 0 Å². The number of amides is 1. The number of likely N-dealkylation sites (N-methyl/N-ethyl adjacent to an activating group) is 1. The van der Waals surface area contributed by atoms with Gasteiger partial charge in [0, 0.05) is 18.7 Å². The smallest absolute Gasteiger partial charge is 0.295 e. The van der Waals surface area contributed by atoms with E-state index in [9.17, 15) is 14.7 Å². The second-order valence-corrected chi connectivity index (χ2v) is 9.46. The van der Waals surface area contributed by atoms with Crippen LogP contribution in [0.4, 0.5) is 0 Å². The Morgan fingerprint density at radius 1 is 0.972 bits per heavy atom. The van der Waals surface area contributed by atoms with Gasteiger partial charge in [-0.3, -0.25) is 9.59 Å². The largest absolute Gasteiger partial charge is 0.507 e. The zero-order valence-corrected chi connectivity index (χ0v) is 21.2. The first-order chi connectivity index (χ1) is 17.3. The SMILES string of the molecule is Cc1ccc([C@@H]2C(=C(O)c3ccc(OCc4ccccc4)c(C)c3)C(=O)C(=O)N2CCN(C)C)cc1. The van der Waals surface area contributed by atoms with Crippen LogP contribution < -0.4 is 4.74 Å². The fraction of sp³-hybridized carbons (Fsp3) is 0.267. The predicted molar refractivity (Wildman–Crippen MR) is 141 cm³/mol. The fourth-order valence-electron chi connectivity index (χ4n) is 4.36. The van der Waals surface area contributed by atoms with Crippen LogP contribution in [0.5, 0.6) is 5.75 Å². The second kappa shape index (κ2) is 10.8. The molecule has 1 aliphatic rings. The average molecular weight is 485 g/mol. The monoisotopic (exact) mass is 484 g/mol. The molecule has 1 N–H and O–H groups in total. The molecule has 1 saturated heterocycles. The Labute approximate surface area is 212 Å². The molecule has 4 rings (SSSR count). The minimum Gasteiger partial charge on any atom is -0.507 e. The molecule has 1 amide bonds. The number of aliphatic hydroxyl groups is 1. The Balaban J connectivity index is 1.69. The van der Waals surface area contributed by atoms with Gasteiger partial charge in [-0.1, -0.05) is 60.2 Å². The third kappa shape index (κ3) is 5.34. The van der Waals surface area contributed by atoms with Gasteiger partial charge in [0.2, 0.25) is 0 Å². The Morgan fingerprint density at radius 3 is 2.31 bits per heavy atom. The standard InChI is InChI=1S/C30H32N2O4/c1-20-10-12-23(13-11-20)27-26(29(34)30(35)32(27)17-16-31(3)4)28(33)24-14-15-25(21(2)18-24)36-19-22-8-6-5-7-9-22/h5-15,18,27,33H,16-17,19H2,1-4H3/t27-/m1/s1. The highest BCUT2D eigenvalue weighted by atomic mass is 16.5. The number of likely N-dealkylation sites (tertiary alicyclic amines) is 1. The Kier molecular flexibility index (Phi) is 7.55. The maximum atomic E-state index is 13.2. The number of carbonyl (C=O) groups excluding carboxylic acids is 2. The molecule has 1 heterocycles. The van der Waals surface area contributed by atoms with Crippen molar-refractivity contribution in [3.8, 4) is 5.75 Å². The molecule has 0 spiro atoms. The van der Waals surface area contributed by atoms with Gasteiger partial charge in [0.1, 0.15) is 18.1 Å². The van der Waals surface area contributed by atoms with E-state index in [0.29, 0.717) is 31.0 Å². The highest BCUT2D eigenvalue weighted by Gasteiger charge is 2.45. The van der Waals surface area contributed by atoms with Crippen LogP contribution in [0.15, 0.2) is 78.4 Å². The lowest BCUT2D eigenvalue weighted by Gasteiger charge is -2.26. The molecule has 0 radical (unpaired) electrons. The minimum absolute atomic E-state index is 0.111. The van der Waals surface area contributed by atoms with Crippen LogP contribution in [-0.2, 0) is 16.2 Å². The van der Waals surface area contributed by atoms with Gasteiger partial charge < -0.3 is 19.6 Å². The van der Waals surface area contributed by atoms with E-state index in [4.69, 9.17) is 4.74 Å². The van der Waals surface area contributed by atoms with Crippen LogP contribution in [0.2, 0.25) is 0 Å². The van der Waals surface area contributed by atoms with Crippen LogP contribution >= 0.6 is 0 Å². The number of ketones is 1. The molecule has 1 aliphatic heterocycles. The third-order valence-electron chi connectivity index (χ3n) is 6.41. The molecular formula is C30H32N2O4. The van der Waals surface area contributed by atoms with Crippen molar-refractivity contribution in [1.29, 1.82) is 0 Å². The summed E-state index contributed by atoms with van der Waals surface area (Å²) in [4.78, 5) is 29.8. The zero-order valence-electron chi connectivity index (χ0n) is 21.2. The Morgan fingerprint density at radius 2 is 1.67 bits per heavy atom. The average Bonchev–Trinajstić information content (AvgIpc) is 3.12. The summed E-state index contributed by atoms with van der Waals surface area (Å²) in [6.07, 6.45) is 0. The van der Waals surface area contributed by atoms with Gasteiger partial charge in [-0.05, 0) is 62.8 Å². The predicted octanol–water partition coefficient (Wildman–Crippen LogP) is 4.87. The molecule has 0 saturated carbocycles. The zero-order chi connectivity index (χ0) is 25.8. The van der Waals surface area contributed by atoms with Crippen molar-refractivity contribution in [2.45, 2.75) is 26.5 Å². The van der Waals surface area contributed by atoms with E-state index in [1.165, 1.54) is 0 Å². The lowest BCUT2D eigenvalue weighted by molar-refractivity contribution is -0.140. The molecule has 0 unspecified atom stereocenters. The minimum atomic E-state index is -0.668. The normalized spacial score (nSPS) is 17.1. The van der Waals surface area contributed by atoms with Gasteiger partial charge >= 0.3 is 0 Å². The first-order valence-corrected chi connectivity index (χ1v) is 12.0. The van der Waals surface area contributed by atoms with E-state index in [1.807, 2.05) is 87.4 Å². The quantitative estimate of drug-likeness (QED) is 0.281. The van der Waals surface area contributed by atoms with Crippen LogP contribution in [0, 0.1) is 13.8 Å². The van der Waals surface area contributed by atoms with Gasteiger partial charge in [-0.25, -0.2) is 0 Å². The summed E-state index contributed by atoms with van der Waals surface area (Å²) in [5.74, 6) is -0.747. The highest BCUT2D eigenvalue weighted by molar-refractivity contribution is 6.46. The highest BCUT2D eigenvalue weighted by Crippen LogP contribution is 2.39. The molecule has 0 aromatic heterocycles. The maximum absolute atomic E-state index is 13.2. The Hall–Kier alpha value is -3.90. The summed E-state index contributed by atoms with van der Waals surface area (Å²) in [5.41, 5.74) is 4.33. The van der Waals surface area contributed by atoms with Crippen LogP contribution in [0.25, 0.3) is 5.76 Å². The molecule has 1 atom stereocenters. The molecular weight excluding hydrogens is 452 g/mol. The number of nitrogens with zero attached hydrogens (tertiary/aromatic N) is 2. The van der Waals surface area contributed by atoms with E-state index in [-0.39, 0.29) is 11.3 Å². The van der Waals surface area contributed by atoms with E-state index in [1.54, 1.807) is 23.1 Å². The van der Waals surface area contributed by atoms with Crippen LogP contribution in [0.1, 0.15) is 33.9 Å². The number of aryl methyl sites for hydroxylation is 2. The molecule has 3 aromatic carbocycles. The second-order valence-electron chi connectivity index (χ2n) is 9.46. The van der Waals surface area contributed by atoms with Crippen molar-refractivity contribution in [3.63, 3.8) is 0 Å². The molecule has 1 fully saturated rings. The van der Waals surface area contributed by atoms with Gasteiger partial charge in [0.15, 0.2) is 0 Å². The molecule has 6 nitrogen and oxygen atoms in total. The van der Waals surface area contributed by atoms with Crippen molar-refractivity contribution >= 4 is 17.4 Å². The molecule has 186 valence electrons. The Bertz CT molecular complexity index is 1280. The van der Waals surface area contributed by atoms with E-state index in [2.05, 4.69) is 0 Å². The van der Waals surface area contributed by atoms with Crippen LogP contribution in [-0.4, -0.2) is 53.8 Å². The summed E-state index contributed by atoms with van der Waals surface area (Å²) in [7, 11) is 3.84. The first-order valence-electron chi connectivity index (χ1n) is 12.0.